The van der Waals surface area contributed by atoms with Crippen molar-refractivity contribution < 1.29 is 14.3 Å². The maximum absolute atomic E-state index is 11.5. The number of benzene rings is 2. The predicted octanol–water partition coefficient (Wildman–Crippen LogP) is 3.43. The Kier molecular flexibility index (Phi) is 4.80. The summed E-state index contributed by atoms with van der Waals surface area (Å²) in [5, 5.41) is 7.52. The molecule has 4 rings (SSSR count). The first-order chi connectivity index (χ1) is 13.9. The number of nitrogens with zero attached hydrogens (tertiary/aromatic N) is 3. The Labute approximate surface area is 168 Å². The van der Waals surface area contributed by atoms with E-state index in [9.17, 15) is 9.59 Å². The Morgan fingerprint density at radius 2 is 1.86 bits per heavy atom. The fourth-order valence-electron chi connectivity index (χ4n) is 3.30. The van der Waals surface area contributed by atoms with Crippen molar-refractivity contribution in [2.75, 3.05) is 17.3 Å². The Bertz CT molecular complexity index is 1090. The quantitative estimate of drug-likeness (QED) is 0.743. The van der Waals surface area contributed by atoms with E-state index in [1.165, 1.54) is 13.8 Å². The highest BCUT2D eigenvalue weighted by Gasteiger charge is 2.18. The maximum atomic E-state index is 11.5. The smallest absolute Gasteiger partial charge is 0.223 e. The van der Waals surface area contributed by atoms with Crippen molar-refractivity contribution in [1.29, 1.82) is 0 Å². The van der Waals surface area contributed by atoms with Gasteiger partial charge in [0.2, 0.25) is 11.8 Å². The van der Waals surface area contributed by atoms with E-state index in [-0.39, 0.29) is 11.8 Å². The summed E-state index contributed by atoms with van der Waals surface area (Å²) < 4.78 is 7.91. The molecule has 29 heavy (non-hydrogen) atoms. The number of rotatable bonds is 3. The largest absolute Gasteiger partial charge is 0.487 e. The van der Waals surface area contributed by atoms with Crippen LogP contribution in [0.15, 0.2) is 48.5 Å². The van der Waals surface area contributed by atoms with E-state index in [0.717, 1.165) is 34.0 Å². The van der Waals surface area contributed by atoms with Crippen molar-refractivity contribution in [3.05, 3.63) is 59.8 Å². The second-order valence-electron chi connectivity index (χ2n) is 7.10. The fourth-order valence-corrected chi connectivity index (χ4v) is 3.30. The van der Waals surface area contributed by atoms with E-state index >= 15 is 0 Å². The molecule has 2 amide bonds. The van der Waals surface area contributed by atoms with Gasteiger partial charge in [-0.15, -0.1) is 0 Å². The van der Waals surface area contributed by atoms with Gasteiger partial charge in [-0.05, 0) is 24.3 Å². The molecule has 0 saturated carbocycles. The molecule has 1 N–H and O–H groups in total. The first kappa shape index (κ1) is 18.7. The Morgan fingerprint density at radius 1 is 1.10 bits per heavy atom. The third kappa shape index (κ3) is 3.85. The van der Waals surface area contributed by atoms with Crippen molar-refractivity contribution in [2.24, 2.45) is 0 Å². The summed E-state index contributed by atoms with van der Waals surface area (Å²) in [6.07, 6.45) is 0. The number of anilines is 2. The van der Waals surface area contributed by atoms with Crippen molar-refractivity contribution in [3.8, 4) is 17.0 Å². The van der Waals surface area contributed by atoms with Gasteiger partial charge in [0.15, 0.2) is 0 Å². The molecule has 7 heteroatoms. The average molecular weight is 390 g/mol. The van der Waals surface area contributed by atoms with Gasteiger partial charge in [0.05, 0.1) is 17.9 Å². The molecule has 0 unspecified atom stereocenters. The lowest BCUT2D eigenvalue weighted by Gasteiger charge is -2.14. The molecule has 1 aliphatic heterocycles. The van der Waals surface area contributed by atoms with E-state index in [0.29, 0.717) is 18.8 Å². The lowest BCUT2D eigenvalue weighted by atomic mass is 10.1. The summed E-state index contributed by atoms with van der Waals surface area (Å²) in [4.78, 5) is 24.4. The number of aromatic nitrogens is 2. The monoisotopic (exact) mass is 390 g/mol. The first-order valence-electron chi connectivity index (χ1n) is 9.35. The minimum Gasteiger partial charge on any atom is -0.487 e. The highest BCUT2D eigenvalue weighted by Crippen LogP contribution is 2.30. The Hall–Kier alpha value is -3.61. The van der Waals surface area contributed by atoms with Crippen LogP contribution < -0.4 is 15.0 Å². The van der Waals surface area contributed by atoms with Gasteiger partial charge >= 0.3 is 0 Å². The normalized spacial score (nSPS) is 12.2. The number of carbonyl (C=O) groups excluding carboxylic acids is 2. The summed E-state index contributed by atoms with van der Waals surface area (Å²) in [5.41, 5.74) is 5.38. The number of nitrogens with one attached hydrogen (secondary N) is 1. The predicted molar refractivity (Wildman–Crippen MR) is 111 cm³/mol. The van der Waals surface area contributed by atoms with E-state index in [2.05, 4.69) is 5.32 Å². The van der Waals surface area contributed by atoms with Gasteiger partial charge < -0.3 is 15.0 Å². The first-order valence-corrected chi connectivity index (χ1v) is 9.35. The van der Waals surface area contributed by atoms with E-state index in [1.54, 1.807) is 11.9 Å². The topological polar surface area (TPSA) is 76.5 Å². The van der Waals surface area contributed by atoms with E-state index in [4.69, 9.17) is 9.84 Å². The van der Waals surface area contributed by atoms with Crippen LogP contribution in [-0.4, -0.2) is 28.6 Å². The molecule has 0 spiro atoms. The molecule has 1 aromatic heterocycles. The van der Waals surface area contributed by atoms with Crippen LogP contribution in [-0.2, 0) is 22.7 Å². The number of hydrogen-bond acceptors (Lipinski definition) is 4. The molecule has 0 radical (unpaired) electrons. The number of amides is 2. The van der Waals surface area contributed by atoms with Crippen molar-refractivity contribution in [1.82, 2.24) is 9.78 Å². The average Bonchev–Trinajstić information content (AvgIpc) is 3.02. The minimum absolute atomic E-state index is 0.0102. The lowest BCUT2D eigenvalue weighted by Crippen LogP contribution is -2.22. The van der Waals surface area contributed by atoms with Crippen LogP contribution in [0.5, 0.6) is 5.75 Å². The SMILES string of the molecule is CC(=O)Nc1ccc2c(c1)OCc1cc(-c3ccc(N(C)C(C)=O)cc3)nn1C2. The molecule has 2 heterocycles. The zero-order valence-electron chi connectivity index (χ0n) is 16.6. The van der Waals surface area contributed by atoms with Gasteiger partial charge in [-0.1, -0.05) is 18.2 Å². The van der Waals surface area contributed by atoms with Crippen LogP contribution >= 0.6 is 0 Å². The van der Waals surface area contributed by atoms with Gasteiger partial charge in [0, 0.05) is 49.5 Å². The van der Waals surface area contributed by atoms with Gasteiger partial charge in [0.25, 0.3) is 0 Å². The number of ether oxygens (including phenoxy) is 1. The van der Waals surface area contributed by atoms with Crippen LogP contribution in [0.2, 0.25) is 0 Å². The van der Waals surface area contributed by atoms with Crippen molar-refractivity contribution in [2.45, 2.75) is 27.0 Å². The molecule has 148 valence electrons. The Balaban J connectivity index is 1.58. The molecule has 3 aromatic rings. The van der Waals surface area contributed by atoms with Gasteiger partial charge in [-0.25, -0.2) is 0 Å². The van der Waals surface area contributed by atoms with E-state index in [1.807, 2.05) is 53.2 Å². The summed E-state index contributed by atoms with van der Waals surface area (Å²) >= 11 is 0. The molecular weight excluding hydrogens is 368 g/mol. The van der Waals surface area contributed by atoms with Crippen LogP contribution in [0.4, 0.5) is 11.4 Å². The lowest BCUT2D eigenvalue weighted by molar-refractivity contribution is -0.116. The fraction of sp³-hybridized carbons (Fsp3) is 0.227. The third-order valence-electron chi connectivity index (χ3n) is 4.97. The molecule has 0 atom stereocenters. The Morgan fingerprint density at radius 3 is 2.55 bits per heavy atom. The van der Waals surface area contributed by atoms with Crippen molar-refractivity contribution in [3.63, 3.8) is 0 Å². The molecule has 0 bridgehead atoms. The second kappa shape index (κ2) is 7.43. The summed E-state index contributed by atoms with van der Waals surface area (Å²) in [6, 6.07) is 15.4. The van der Waals surface area contributed by atoms with Crippen LogP contribution in [0.1, 0.15) is 25.1 Å². The maximum Gasteiger partial charge on any atom is 0.223 e. The molecule has 0 aliphatic carbocycles. The zero-order chi connectivity index (χ0) is 20.5. The summed E-state index contributed by atoms with van der Waals surface area (Å²) in [5.74, 6) is 0.625. The van der Waals surface area contributed by atoms with Crippen LogP contribution in [0, 0.1) is 0 Å². The van der Waals surface area contributed by atoms with E-state index < -0.39 is 0 Å². The van der Waals surface area contributed by atoms with Crippen LogP contribution in [0.3, 0.4) is 0 Å². The highest BCUT2D eigenvalue weighted by atomic mass is 16.5. The van der Waals surface area contributed by atoms with Gasteiger partial charge in [-0.3, -0.25) is 14.3 Å². The molecule has 0 fully saturated rings. The molecule has 0 saturated heterocycles. The molecule has 2 aromatic carbocycles. The van der Waals surface area contributed by atoms with Gasteiger partial charge in [-0.2, -0.15) is 5.10 Å². The molecule has 1 aliphatic rings. The minimum atomic E-state index is -0.114. The van der Waals surface area contributed by atoms with Crippen molar-refractivity contribution >= 4 is 23.2 Å². The highest BCUT2D eigenvalue weighted by molar-refractivity contribution is 5.91. The second-order valence-corrected chi connectivity index (χ2v) is 7.10. The number of hydrogen-bond donors (Lipinski definition) is 1. The standard InChI is InChI=1S/C22H22N4O3/c1-14(27)23-18-7-4-17-12-26-20(13-29-22(17)10-18)11-21(24-26)16-5-8-19(9-6-16)25(3)15(2)28/h4-11H,12-13H2,1-3H3,(H,23,27). The summed E-state index contributed by atoms with van der Waals surface area (Å²) in [7, 11) is 1.75. The number of fused-ring (bicyclic) bond motifs is 2. The molecule has 7 nitrogen and oxygen atoms in total. The van der Waals surface area contributed by atoms with Crippen LogP contribution in [0.25, 0.3) is 11.3 Å². The molecular formula is C22H22N4O3. The van der Waals surface area contributed by atoms with Gasteiger partial charge in [0.1, 0.15) is 12.4 Å². The zero-order valence-corrected chi connectivity index (χ0v) is 16.6. The third-order valence-corrected chi connectivity index (χ3v) is 4.97. The number of carbonyl (C=O) groups is 2. The summed E-state index contributed by atoms with van der Waals surface area (Å²) in [6.45, 7) is 4.01.